The third-order valence-corrected chi connectivity index (χ3v) is 5.56. The minimum absolute atomic E-state index is 0.214. The molecule has 1 aromatic heterocycles. The number of hydrogen-bond donors (Lipinski definition) is 1. The van der Waals surface area contributed by atoms with Crippen LogP contribution in [-0.4, -0.2) is 15.7 Å². The second kappa shape index (κ2) is 7.54. The van der Waals surface area contributed by atoms with Crippen LogP contribution < -0.4 is 10.9 Å². The van der Waals surface area contributed by atoms with Gasteiger partial charge in [0.1, 0.15) is 5.82 Å². The highest BCUT2D eigenvalue weighted by atomic mass is 19.1. The number of benzene rings is 2. The predicted molar refractivity (Wildman–Crippen MR) is 106 cm³/mol. The Hall–Kier alpha value is -3.02. The number of carbonyl (C=O) groups excluding carboxylic acids is 1. The van der Waals surface area contributed by atoms with Gasteiger partial charge in [0.25, 0.3) is 11.5 Å². The number of amides is 1. The van der Waals surface area contributed by atoms with Gasteiger partial charge in [-0.15, -0.1) is 0 Å². The summed E-state index contributed by atoms with van der Waals surface area (Å²) in [6.45, 7) is 0. The van der Waals surface area contributed by atoms with Crippen molar-refractivity contribution in [2.45, 2.75) is 31.7 Å². The Bertz CT molecular complexity index is 1070. The van der Waals surface area contributed by atoms with E-state index in [1.807, 2.05) is 0 Å². The summed E-state index contributed by atoms with van der Waals surface area (Å²) in [6, 6.07) is 13.1. The molecule has 1 saturated carbocycles. The normalized spacial score (nSPS) is 15.6. The van der Waals surface area contributed by atoms with Crippen LogP contribution in [0.2, 0.25) is 0 Å². The Morgan fingerprint density at radius 3 is 2.43 bits per heavy atom. The molecule has 4 rings (SSSR count). The molecule has 5 nitrogen and oxygen atoms in total. The first-order valence-electron chi connectivity index (χ1n) is 9.57. The van der Waals surface area contributed by atoms with Crippen molar-refractivity contribution in [3.05, 3.63) is 76.0 Å². The first-order chi connectivity index (χ1) is 13.5. The number of fused-ring (bicyclic) bond motifs is 1. The summed E-state index contributed by atoms with van der Waals surface area (Å²) in [6.07, 6.45) is 4.28. The highest BCUT2D eigenvalue weighted by molar-refractivity contribution is 6.04. The monoisotopic (exact) mass is 379 g/mol. The van der Waals surface area contributed by atoms with E-state index < -0.39 is 0 Å². The van der Waals surface area contributed by atoms with Crippen LogP contribution in [0.3, 0.4) is 0 Å². The van der Waals surface area contributed by atoms with Crippen molar-refractivity contribution in [1.82, 2.24) is 15.1 Å². The van der Waals surface area contributed by atoms with Crippen LogP contribution in [0.4, 0.5) is 4.39 Å². The second-order valence-corrected chi connectivity index (χ2v) is 7.37. The highest BCUT2D eigenvalue weighted by Crippen LogP contribution is 2.36. The molecule has 1 amide bonds. The van der Waals surface area contributed by atoms with Crippen molar-refractivity contribution in [3.63, 3.8) is 0 Å². The Morgan fingerprint density at radius 1 is 1.11 bits per heavy atom. The molecule has 0 unspecified atom stereocenters. The van der Waals surface area contributed by atoms with Gasteiger partial charge in [-0.1, -0.05) is 43.2 Å². The maximum absolute atomic E-state index is 13.4. The third-order valence-electron chi connectivity index (χ3n) is 5.56. The van der Waals surface area contributed by atoms with Gasteiger partial charge in [0.15, 0.2) is 5.69 Å². The molecule has 0 saturated heterocycles. The molecule has 28 heavy (non-hydrogen) atoms. The summed E-state index contributed by atoms with van der Waals surface area (Å²) in [5.41, 5.74) is 0.872. The lowest BCUT2D eigenvalue weighted by Gasteiger charge is -2.25. The van der Waals surface area contributed by atoms with Gasteiger partial charge < -0.3 is 5.32 Å². The third kappa shape index (κ3) is 3.42. The first-order valence-corrected chi connectivity index (χ1v) is 9.57. The minimum Gasteiger partial charge on any atom is -0.344 e. The molecular formula is C22H22FN3O2. The number of aromatic nitrogens is 2. The van der Waals surface area contributed by atoms with Crippen molar-refractivity contribution in [2.24, 2.45) is 13.0 Å². The van der Waals surface area contributed by atoms with Gasteiger partial charge in [0, 0.05) is 12.4 Å². The van der Waals surface area contributed by atoms with E-state index in [9.17, 15) is 14.0 Å². The van der Waals surface area contributed by atoms with E-state index in [4.69, 9.17) is 0 Å². The van der Waals surface area contributed by atoms with Crippen LogP contribution in [0.25, 0.3) is 10.8 Å². The number of carbonyl (C=O) groups is 1. The minimum atomic E-state index is -0.326. The molecule has 2 aromatic carbocycles. The summed E-state index contributed by atoms with van der Waals surface area (Å²) >= 11 is 0. The van der Waals surface area contributed by atoms with Gasteiger partial charge in [-0.3, -0.25) is 9.59 Å². The molecule has 1 fully saturated rings. The van der Waals surface area contributed by atoms with Gasteiger partial charge in [-0.2, -0.15) is 5.10 Å². The summed E-state index contributed by atoms with van der Waals surface area (Å²) < 4.78 is 14.6. The maximum Gasteiger partial charge on any atom is 0.274 e. The zero-order chi connectivity index (χ0) is 19.7. The van der Waals surface area contributed by atoms with Crippen LogP contribution in [0.1, 0.15) is 47.8 Å². The second-order valence-electron chi connectivity index (χ2n) is 7.37. The van der Waals surface area contributed by atoms with Crippen LogP contribution >= 0.6 is 0 Å². The van der Waals surface area contributed by atoms with Crippen LogP contribution in [-0.2, 0) is 7.05 Å². The zero-order valence-electron chi connectivity index (χ0n) is 15.7. The number of nitrogens with zero attached hydrogens (tertiary/aromatic N) is 2. The zero-order valence-corrected chi connectivity index (χ0v) is 15.7. The molecule has 1 N–H and O–H groups in total. The molecular weight excluding hydrogens is 357 g/mol. The van der Waals surface area contributed by atoms with Crippen molar-refractivity contribution in [3.8, 4) is 0 Å². The lowest BCUT2D eigenvalue weighted by molar-refractivity contribution is 0.0916. The lowest BCUT2D eigenvalue weighted by Crippen LogP contribution is -2.35. The number of rotatable bonds is 4. The van der Waals surface area contributed by atoms with E-state index in [1.165, 1.54) is 16.8 Å². The lowest BCUT2D eigenvalue weighted by atomic mass is 9.91. The van der Waals surface area contributed by atoms with E-state index in [2.05, 4.69) is 10.4 Å². The quantitative estimate of drug-likeness (QED) is 0.751. The van der Waals surface area contributed by atoms with Crippen LogP contribution in [0.5, 0.6) is 0 Å². The van der Waals surface area contributed by atoms with Gasteiger partial charge in [-0.25, -0.2) is 9.07 Å². The fourth-order valence-corrected chi connectivity index (χ4v) is 4.11. The largest absolute Gasteiger partial charge is 0.344 e. The van der Waals surface area contributed by atoms with E-state index in [1.54, 1.807) is 43.4 Å². The SMILES string of the molecule is Cn1nc(C(=O)N[C@H](c2ccc(F)cc2)C2CCCC2)c2ccccc2c1=O. The topological polar surface area (TPSA) is 64.0 Å². The van der Waals surface area contributed by atoms with Crippen molar-refractivity contribution >= 4 is 16.7 Å². The number of nitrogens with one attached hydrogen (secondary N) is 1. The number of halogens is 1. The number of aryl methyl sites for hydroxylation is 1. The molecule has 1 aliphatic carbocycles. The summed E-state index contributed by atoms with van der Waals surface area (Å²) in [4.78, 5) is 25.5. The fourth-order valence-electron chi connectivity index (χ4n) is 4.11. The van der Waals surface area contributed by atoms with Crippen LogP contribution in [0.15, 0.2) is 53.3 Å². The van der Waals surface area contributed by atoms with Crippen molar-refractivity contribution in [2.75, 3.05) is 0 Å². The van der Waals surface area contributed by atoms with Gasteiger partial charge >= 0.3 is 0 Å². The molecule has 144 valence electrons. The summed E-state index contributed by atoms with van der Waals surface area (Å²) in [7, 11) is 1.54. The molecule has 0 bridgehead atoms. The molecule has 3 aromatic rings. The van der Waals surface area contributed by atoms with Gasteiger partial charge in [0.2, 0.25) is 0 Å². The maximum atomic E-state index is 13.4. The van der Waals surface area contributed by atoms with Gasteiger partial charge in [-0.05, 0) is 42.5 Å². The molecule has 1 atom stereocenters. The molecule has 0 aliphatic heterocycles. The van der Waals surface area contributed by atoms with Crippen molar-refractivity contribution in [1.29, 1.82) is 0 Å². The Balaban J connectivity index is 1.72. The summed E-state index contributed by atoms with van der Waals surface area (Å²) in [5.74, 6) is -0.327. The average Bonchev–Trinajstić information content (AvgIpc) is 3.24. The highest BCUT2D eigenvalue weighted by Gasteiger charge is 2.29. The molecule has 1 heterocycles. The van der Waals surface area contributed by atoms with E-state index in [0.717, 1.165) is 31.2 Å². The van der Waals surface area contributed by atoms with Crippen LogP contribution in [0, 0.1) is 11.7 Å². The Morgan fingerprint density at radius 2 is 1.75 bits per heavy atom. The Labute approximate surface area is 162 Å². The molecule has 6 heteroatoms. The Kier molecular flexibility index (Phi) is 4.94. The van der Waals surface area contributed by atoms with Crippen molar-refractivity contribution < 1.29 is 9.18 Å². The molecule has 0 radical (unpaired) electrons. The molecule has 1 aliphatic rings. The van der Waals surface area contributed by atoms with E-state index in [-0.39, 0.29) is 29.0 Å². The van der Waals surface area contributed by atoms with E-state index >= 15 is 0 Å². The first kappa shape index (κ1) is 18.3. The number of hydrogen-bond acceptors (Lipinski definition) is 3. The van der Waals surface area contributed by atoms with Gasteiger partial charge in [0.05, 0.1) is 11.4 Å². The van der Waals surface area contributed by atoms with E-state index in [0.29, 0.717) is 16.7 Å². The predicted octanol–water partition coefficient (Wildman–Crippen LogP) is 3.73. The summed E-state index contributed by atoms with van der Waals surface area (Å²) in [5, 5.41) is 8.33. The standard InChI is InChI=1S/C22H22FN3O2/c1-26-22(28)18-9-5-4-8-17(18)20(25-26)21(27)24-19(14-6-2-3-7-14)15-10-12-16(23)13-11-15/h4-5,8-14,19H,2-3,6-7H2,1H3,(H,24,27)/t19-/m0/s1. The smallest absolute Gasteiger partial charge is 0.274 e. The average molecular weight is 379 g/mol. The fraction of sp³-hybridized carbons (Fsp3) is 0.318. The molecule has 0 spiro atoms.